The van der Waals surface area contributed by atoms with Crippen LogP contribution in [0.3, 0.4) is 0 Å². The number of amides is 5. The van der Waals surface area contributed by atoms with Gasteiger partial charge < -0.3 is 27.0 Å². The molecule has 0 saturated carbocycles. The Hall–Kier alpha value is -3.08. The van der Waals surface area contributed by atoms with Gasteiger partial charge in [0, 0.05) is 71.5 Å². The van der Waals surface area contributed by atoms with Crippen molar-refractivity contribution in [3.8, 4) is 0 Å². The zero-order valence-electron chi connectivity index (χ0n) is 26.2. The highest BCUT2D eigenvalue weighted by Gasteiger charge is 2.93. The number of benzene rings is 1. The molecule has 3 aliphatic heterocycles. The minimum Gasteiger partial charge on any atom is -0.366 e. The Labute approximate surface area is 263 Å². The van der Waals surface area contributed by atoms with Crippen molar-refractivity contribution in [2.45, 2.75) is 119 Å². The van der Waals surface area contributed by atoms with E-state index in [4.69, 9.17) is 5.73 Å². The van der Waals surface area contributed by atoms with Crippen molar-refractivity contribution >= 4 is 50.9 Å². The first-order valence-corrected chi connectivity index (χ1v) is 18.6. The molecule has 4 rings (SSSR count). The van der Waals surface area contributed by atoms with E-state index in [1.165, 1.54) is 35.5 Å². The monoisotopic (exact) mass is 629 g/mol. The predicted molar refractivity (Wildman–Crippen MR) is 177 cm³/mol. The Morgan fingerprint density at radius 1 is 0.705 bits per heavy atom. The normalized spacial score (nSPS) is 23.2. The summed E-state index contributed by atoms with van der Waals surface area (Å²) in [5.74, 6) is 0.712. The van der Waals surface area contributed by atoms with Crippen LogP contribution in [0.5, 0.6) is 0 Å². The lowest BCUT2D eigenvalue weighted by atomic mass is 10.1. The average molecular weight is 630 g/mol. The molecule has 0 radical (unpaired) electrons. The molecule has 1 spiro atoms. The zero-order chi connectivity index (χ0) is 31.5. The molecule has 1 aromatic carbocycles. The highest BCUT2D eigenvalue weighted by Crippen LogP contribution is 3.09. The van der Waals surface area contributed by atoms with Gasteiger partial charge in [-0.05, 0) is 68.9 Å². The van der Waals surface area contributed by atoms with E-state index in [-0.39, 0.29) is 39.2 Å². The first kappa shape index (κ1) is 33.8. The van der Waals surface area contributed by atoms with Crippen LogP contribution in [-0.4, -0.2) is 64.1 Å². The third-order valence-electron chi connectivity index (χ3n) is 9.04. The van der Waals surface area contributed by atoms with E-state index < -0.39 is 5.91 Å². The van der Waals surface area contributed by atoms with Crippen molar-refractivity contribution in [1.82, 2.24) is 10.6 Å². The lowest BCUT2D eigenvalue weighted by molar-refractivity contribution is -0.122. The van der Waals surface area contributed by atoms with Crippen molar-refractivity contribution in [2.75, 3.05) is 29.5 Å². The maximum atomic E-state index is 12.5. The molecule has 4 unspecified atom stereocenters. The second kappa shape index (κ2) is 16.3. The standard InChI is InChI=1S/C33H51N5O5S/c1-2-3-13-28(39)35-17-10-4-6-15-30(41)37-24-19-23(33(34)43)20-25(21-24)38-31(42)16-7-5-11-18-36-29(40)14-9-8-12-26-32-27-22-44(26,27)32/h19-21,26-27,32H,2-18,22H2,1H3,(H2,34,43)(H,35,39)(H,36,40)(H,37,41)(H,38,42). The van der Waals surface area contributed by atoms with Crippen LogP contribution < -0.4 is 27.0 Å². The quantitative estimate of drug-likeness (QED) is 0.0874. The molecule has 0 aromatic heterocycles. The zero-order valence-corrected chi connectivity index (χ0v) is 27.0. The number of hydrogen-bond donors (Lipinski definition) is 5. The van der Waals surface area contributed by atoms with Crippen LogP contribution in [0.15, 0.2) is 18.2 Å². The van der Waals surface area contributed by atoms with E-state index in [2.05, 4.69) is 21.3 Å². The molecule has 10 nitrogen and oxygen atoms in total. The second-order valence-corrected chi connectivity index (χ2v) is 16.5. The summed E-state index contributed by atoms with van der Waals surface area (Å²) in [4.78, 5) is 60.5. The van der Waals surface area contributed by atoms with Gasteiger partial charge in [0.25, 0.3) is 0 Å². The van der Waals surface area contributed by atoms with E-state index in [0.29, 0.717) is 63.0 Å². The number of nitrogens with one attached hydrogen (secondary N) is 4. The van der Waals surface area contributed by atoms with Crippen molar-refractivity contribution in [2.24, 2.45) is 5.73 Å². The summed E-state index contributed by atoms with van der Waals surface area (Å²) in [7, 11) is 0.0361. The van der Waals surface area contributed by atoms with Crippen LogP contribution in [0.1, 0.15) is 114 Å². The molecule has 4 atom stereocenters. The smallest absolute Gasteiger partial charge is 0.248 e. The number of anilines is 2. The summed E-state index contributed by atoms with van der Waals surface area (Å²) in [6, 6.07) is 4.60. The van der Waals surface area contributed by atoms with Crippen LogP contribution >= 0.6 is 10.0 Å². The highest BCUT2D eigenvalue weighted by molar-refractivity contribution is 8.54. The summed E-state index contributed by atoms with van der Waals surface area (Å²) in [5, 5.41) is 14.9. The summed E-state index contributed by atoms with van der Waals surface area (Å²) >= 11 is 0. The van der Waals surface area contributed by atoms with Crippen molar-refractivity contribution in [1.29, 1.82) is 0 Å². The minimum atomic E-state index is -0.656. The molecule has 244 valence electrons. The SMILES string of the molecule is CCCCC(=O)NCCCCCC(=O)Nc1cc(NC(=O)CCCCCNC(=O)CCCCC2C3C4CS243)cc(C(N)=O)c1. The fourth-order valence-electron chi connectivity index (χ4n) is 6.25. The molecule has 0 aliphatic carbocycles. The topological polar surface area (TPSA) is 159 Å². The van der Waals surface area contributed by atoms with E-state index in [1.807, 2.05) is 6.92 Å². The maximum absolute atomic E-state index is 12.5. The Morgan fingerprint density at radius 3 is 1.68 bits per heavy atom. The number of rotatable bonds is 23. The number of carbonyl (C=O) groups excluding carboxylic acids is 5. The Balaban J connectivity index is 1.04. The van der Waals surface area contributed by atoms with Gasteiger partial charge in [-0.15, -0.1) is 0 Å². The first-order chi connectivity index (χ1) is 21.2. The molecule has 0 bridgehead atoms. The van der Waals surface area contributed by atoms with Crippen LogP contribution in [0.2, 0.25) is 0 Å². The summed E-state index contributed by atoms with van der Waals surface area (Å²) in [5.41, 5.74) is 6.45. The number of hydrogen-bond acceptors (Lipinski definition) is 5. The Morgan fingerprint density at radius 2 is 1.20 bits per heavy atom. The van der Waals surface area contributed by atoms with Gasteiger partial charge in [0.05, 0.1) is 0 Å². The van der Waals surface area contributed by atoms with Crippen LogP contribution in [0.25, 0.3) is 0 Å². The van der Waals surface area contributed by atoms with E-state index in [9.17, 15) is 24.0 Å². The molecule has 44 heavy (non-hydrogen) atoms. The number of unbranched alkanes of at least 4 members (excludes halogenated alkanes) is 6. The molecule has 6 N–H and O–H groups in total. The van der Waals surface area contributed by atoms with Crippen LogP contribution in [0, 0.1) is 0 Å². The molecule has 3 heterocycles. The summed E-state index contributed by atoms with van der Waals surface area (Å²) in [6.45, 7) is 3.28. The molecular formula is C33H51N5O5S. The molecule has 3 fully saturated rings. The van der Waals surface area contributed by atoms with Gasteiger partial charge in [-0.25, -0.2) is 10.0 Å². The predicted octanol–water partition coefficient (Wildman–Crippen LogP) is 4.72. The van der Waals surface area contributed by atoms with Crippen LogP contribution in [-0.2, 0) is 19.2 Å². The number of primary amides is 1. The lowest BCUT2D eigenvalue weighted by Crippen LogP contribution is -2.24. The molecule has 3 saturated heterocycles. The lowest BCUT2D eigenvalue weighted by Gasteiger charge is -2.11. The van der Waals surface area contributed by atoms with Gasteiger partial charge in [0.15, 0.2) is 0 Å². The van der Waals surface area contributed by atoms with Gasteiger partial charge in [0.1, 0.15) is 0 Å². The first-order valence-electron chi connectivity index (χ1n) is 16.6. The van der Waals surface area contributed by atoms with Gasteiger partial charge in [-0.3, -0.25) is 24.0 Å². The third kappa shape index (κ3) is 9.97. The molecule has 5 amide bonds. The summed E-state index contributed by atoms with van der Waals surface area (Å²) < 4.78 is 0. The third-order valence-corrected chi connectivity index (χ3v) is 13.8. The Bertz CT molecular complexity index is 1210. The van der Waals surface area contributed by atoms with Gasteiger partial charge >= 0.3 is 0 Å². The number of fused-ring (bicyclic) bond motifs is 1. The van der Waals surface area contributed by atoms with Gasteiger partial charge in [-0.1, -0.05) is 32.6 Å². The molecule has 3 aliphatic rings. The van der Waals surface area contributed by atoms with Crippen molar-refractivity contribution < 1.29 is 24.0 Å². The van der Waals surface area contributed by atoms with Crippen molar-refractivity contribution in [3.63, 3.8) is 0 Å². The van der Waals surface area contributed by atoms with E-state index >= 15 is 0 Å². The molecule has 1 aromatic rings. The van der Waals surface area contributed by atoms with Gasteiger partial charge in [-0.2, -0.15) is 0 Å². The largest absolute Gasteiger partial charge is 0.366 e. The van der Waals surface area contributed by atoms with Crippen molar-refractivity contribution in [3.05, 3.63) is 23.8 Å². The van der Waals surface area contributed by atoms with E-state index in [1.54, 1.807) is 11.8 Å². The number of carbonyl (C=O) groups is 5. The summed E-state index contributed by atoms with van der Waals surface area (Å²) in [6.07, 6.45) is 11.7. The Kier molecular flexibility index (Phi) is 12.5. The second-order valence-electron chi connectivity index (χ2n) is 12.5. The van der Waals surface area contributed by atoms with E-state index in [0.717, 1.165) is 50.2 Å². The maximum Gasteiger partial charge on any atom is 0.248 e. The minimum absolute atomic E-state index is 0.0361. The molecular weight excluding hydrogens is 578 g/mol. The van der Waals surface area contributed by atoms with Crippen LogP contribution in [0.4, 0.5) is 11.4 Å². The molecule has 11 heteroatoms. The average Bonchev–Trinajstić information content (AvgIpc) is 3.92. The van der Waals surface area contributed by atoms with Gasteiger partial charge in [0.2, 0.25) is 29.5 Å². The fraction of sp³-hybridized carbons (Fsp3) is 0.667. The number of nitrogens with two attached hydrogens (primary N) is 1. The fourth-order valence-corrected chi connectivity index (χ4v) is 11.6. The highest BCUT2D eigenvalue weighted by atomic mass is 32.3.